The second kappa shape index (κ2) is 7.10. The van der Waals surface area contributed by atoms with E-state index in [9.17, 15) is 17.6 Å². The molecular formula is C17H16BrF4N5S. The molecule has 1 fully saturated rings. The number of rotatable bonds is 2. The van der Waals surface area contributed by atoms with Gasteiger partial charge in [-0.1, -0.05) is 5.21 Å². The van der Waals surface area contributed by atoms with Gasteiger partial charge < -0.3 is 4.90 Å². The van der Waals surface area contributed by atoms with E-state index >= 15 is 0 Å². The summed E-state index contributed by atoms with van der Waals surface area (Å²) in [6, 6.07) is 0.930. The first kappa shape index (κ1) is 19.8. The topological polar surface area (TPSA) is 46.8 Å². The summed E-state index contributed by atoms with van der Waals surface area (Å²) in [5.74, 6) is -1.03. The number of nitrogens with zero attached hydrogens (tertiary/aromatic N) is 5. The summed E-state index contributed by atoms with van der Waals surface area (Å²) >= 11 is 4.01. The summed E-state index contributed by atoms with van der Waals surface area (Å²) in [5.41, 5.74) is -0.392. The smallest absolute Gasteiger partial charge is 0.306 e. The zero-order chi connectivity index (χ0) is 20.2. The predicted octanol–water partition coefficient (Wildman–Crippen LogP) is 4.89. The molecule has 28 heavy (non-hydrogen) atoms. The fourth-order valence-electron chi connectivity index (χ4n) is 3.59. The lowest BCUT2D eigenvalue weighted by Crippen LogP contribution is -2.31. The highest BCUT2D eigenvalue weighted by atomic mass is 79.9. The van der Waals surface area contributed by atoms with Crippen LogP contribution in [-0.4, -0.2) is 51.3 Å². The molecule has 0 radical (unpaired) electrons. The molecule has 0 spiro atoms. The molecule has 0 unspecified atom stereocenters. The van der Waals surface area contributed by atoms with Gasteiger partial charge in [-0.3, -0.25) is 0 Å². The largest absolute Gasteiger partial charge is 0.417 e. The Balaban J connectivity index is 2.05. The first-order valence-electron chi connectivity index (χ1n) is 8.58. The van der Waals surface area contributed by atoms with Crippen molar-refractivity contribution in [2.75, 3.05) is 26.4 Å². The Kier molecular flexibility index (Phi) is 5.03. The van der Waals surface area contributed by atoms with Crippen LogP contribution < -0.4 is 0 Å². The van der Waals surface area contributed by atoms with Crippen LogP contribution in [0.5, 0.6) is 0 Å². The van der Waals surface area contributed by atoms with Gasteiger partial charge in [-0.05, 0) is 61.2 Å². The van der Waals surface area contributed by atoms with E-state index in [1.165, 1.54) is 11.8 Å². The van der Waals surface area contributed by atoms with E-state index in [-0.39, 0.29) is 16.9 Å². The summed E-state index contributed by atoms with van der Waals surface area (Å²) in [7, 11) is 2.02. The van der Waals surface area contributed by atoms with Gasteiger partial charge in [-0.15, -0.1) is 16.9 Å². The van der Waals surface area contributed by atoms with Crippen LogP contribution in [0.2, 0.25) is 0 Å². The fraction of sp³-hybridized carbons (Fsp3) is 0.471. The van der Waals surface area contributed by atoms with Crippen molar-refractivity contribution in [1.29, 1.82) is 0 Å². The van der Waals surface area contributed by atoms with Crippen LogP contribution in [0, 0.1) is 5.82 Å². The van der Waals surface area contributed by atoms with E-state index in [1.807, 2.05) is 7.05 Å². The lowest BCUT2D eigenvalue weighted by molar-refractivity contribution is -0.138. The quantitative estimate of drug-likeness (QED) is 0.388. The van der Waals surface area contributed by atoms with E-state index in [0.717, 1.165) is 32.0 Å². The van der Waals surface area contributed by atoms with E-state index in [1.54, 1.807) is 10.9 Å². The number of thioether (sulfide) groups is 1. The summed E-state index contributed by atoms with van der Waals surface area (Å²) in [4.78, 5) is 6.42. The maximum atomic E-state index is 14.9. The van der Waals surface area contributed by atoms with Crippen molar-refractivity contribution < 1.29 is 17.6 Å². The summed E-state index contributed by atoms with van der Waals surface area (Å²) < 4.78 is 56.3. The third-order valence-electron chi connectivity index (χ3n) is 5.08. The molecule has 4 rings (SSSR count). The van der Waals surface area contributed by atoms with Crippen molar-refractivity contribution in [3.8, 4) is 0 Å². The number of pyridine rings is 1. The van der Waals surface area contributed by atoms with Crippen molar-refractivity contribution in [3.63, 3.8) is 0 Å². The fourth-order valence-corrected chi connectivity index (χ4v) is 4.63. The van der Waals surface area contributed by atoms with Crippen molar-refractivity contribution >= 4 is 49.6 Å². The van der Waals surface area contributed by atoms with Crippen LogP contribution >= 0.6 is 27.7 Å². The average molecular weight is 478 g/mol. The molecule has 0 N–H and O–H groups in total. The highest BCUT2D eigenvalue weighted by Gasteiger charge is 2.36. The van der Waals surface area contributed by atoms with Gasteiger partial charge in [0.15, 0.2) is 5.82 Å². The van der Waals surface area contributed by atoms with Gasteiger partial charge in [0.2, 0.25) is 0 Å². The van der Waals surface area contributed by atoms with Crippen molar-refractivity contribution in [3.05, 3.63) is 21.9 Å². The number of piperidine rings is 1. The lowest BCUT2D eigenvalue weighted by Gasteiger charge is -2.29. The molecule has 0 amide bonds. The Hall–Kier alpha value is -1.46. The van der Waals surface area contributed by atoms with Crippen molar-refractivity contribution in [2.24, 2.45) is 0 Å². The monoisotopic (exact) mass is 477 g/mol. The Morgan fingerprint density at radius 1 is 1.21 bits per heavy atom. The molecule has 1 saturated heterocycles. The number of hydrogen-bond donors (Lipinski definition) is 0. The van der Waals surface area contributed by atoms with Crippen LogP contribution in [-0.2, 0) is 6.18 Å². The van der Waals surface area contributed by atoms with Crippen molar-refractivity contribution in [1.82, 2.24) is 24.9 Å². The Morgan fingerprint density at radius 3 is 2.50 bits per heavy atom. The Labute approximate surface area is 170 Å². The second-order valence-electron chi connectivity index (χ2n) is 6.83. The number of hydrogen-bond acceptors (Lipinski definition) is 5. The maximum Gasteiger partial charge on any atom is 0.417 e. The second-order valence-corrected chi connectivity index (χ2v) is 8.42. The molecule has 0 bridgehead atoms. The molecule has 0 atom stereocenters. The van der Waals surface area contributed by atoms with E-state index < -0.39 is 22.0 Å². The molecule has 1 aliphatic heterocycles. The van der Waals surface area contributed by atoms with Crippen LogP contribution in [0.1, 0.15) is 24.4 Å². The SMILES string of the molecule is CSc1nc2c(F)c(Br)c(C(F)(F)F)cc2c2c1nnn2C1CCN(C)CC1. The van der Waals surface area contributed by atoms with Crippen LogP contribution in [0.4, 0.5) is 17.6 Å². The van der Waals surface area contributed by atoms with Gasteiger partial charge in [0.25, 0.3) is 0 Å². The minimum atomic E-state index is -4.70. The zero-order valence-electron chi connectivity index (χ0n) is 15.0. The third-order valence-corrected chi connectivity index (χ3v) is 6.53. The number of alkyl halides is 3. The van der Waals surface area contributed by atoms with Gasteiger partial charge in [0.1, 0.15) is 21.6 Å². The maximum absolute atomic E-state index is 14.9. The molecule has 3 heterocycles. The van der Waals surface area contributed by atoms with Gasteiger partial charge in [-0.25, -0.2) is 14.1 Å². The van der Waals surface area contributed by atoms with Crippen molar-refractivity contribution in [2.45, 2.75) is 30.1 Å². The molecule has 1 aromatic carbocycles. The van der Waals surface area contributed by atoms with Gasteiger partial charge in [-0.2, -0.15) is 13.2 Å². The zero-order valence-corrected chi connectivity index (χ0v) is 17.4. The number of aromatic nitrogens is 4. The van der Waals surface area contributed by atoms with Gasteiger partial charge >= 0.3 is 6.18 Å². The lowest BCUT2D eigenvalue weighted by atomic mass is 10.0. The third kappa shape index (κ3) is 3.17. The number of fused-ring (bicyclic) bond motifs is 3. The summed E-state index contributed by atoms with van der Waals surface area (Å²) in [6.07, 6.45) is -1.36. The summed E-state index contributed by atoms with van der Waals surface area (Å²) in [5, 5.41) is 8.92. The summed E-state index contributed by atoms with van der Waals surface area (Å²) in [6.45, 7) is 1.69. The van der Waals surface area contributed by atoms with E-state index in [4.69, 9.17) is 0 Å². The normalized spacial score (nSPS) is 17.1. The Morgan fingerprint density at radius 2 is 1.89 bits per heavy atom. The van der Waals surface area contributed by atoms with Crippen LogP contribution in [0.15, 0.2) is 15.6 Å². The standard InChI is InChI=1S/C17H16BrF4N5S/c1-26-5-3-8(4-6-26)27-15-9-7-10(17(20,21)22)11(18)12(19)13(9)23-16(28-2)14(15)24-25-27/h7-8H,3-6H2,1-2H3. The first-order chi connectivity index (χ1) is 13.2. The van der Waals surface area contributed by atoms with Crippen LogP contribution in [0.3, 0.4) is 0 Å². The van der Waals surface area contributed by atoms with E-state index in [0.29, 0.717) is 16.1 Å². The molecule has 5 nitrogen and oxygen atoms in total. The molecule has 11 heteroatoms. The first-order valence-corrected chi connectivity index (χ1v) is 10.6. The van der Waals surface area contributed by atoms with Gasteiger partial charge in [0, 0.05) is 5.39 Å². The Bertz CT molecular complexity index is 1060. The molecule has 2 aromatic heterocycles. The molecule has 150 valence electrons. The number of halogens is 5. The van der Waals surface area contributed by atoms with Gasteiger partial charge in [0.05, 0.1) is 16.1 Å². The minimum Gasteiger partial charge on any atom is -0.306 e. The highest BCUT2D eigenvalue weighted by molar-refractivity contribution is 9.10. The van der Waals surface area contributed by atoms with E-state index in [2.05, 4.69) is 36.1 Å². The number of likely N-dealkylation sites (tertiary alicyclic amines) is 1. The van der Waals surface area contributed by atoms with Crippen LogP contribution in [0.25, 0.3) is 21.9 Å². The average Bonchev–Trinajstić information content (AvgIpc) is 3.09. The molecule has 3 aromatic rings. The highest BCUT2D eigenvalue weighted by Crippen LogP contribution is 2.42. The molecule has 1 aliphatic rings. The minimum absolute atomic E-state index is 0.0115. The predicted molar refractivity (Wildman–Crippen MR) is 103 cm³/mol. The molecular weight excluding hydrogens is 462 g/mol. The molecule has 0 aliphatic carbocycles. The molecule has 0 saturated carbocycles. The number of benzene rings is 1.